The number of halogens is 2. The van der Waals surface area contributed by atoms with Gasteiger partial charge in [0.2, 0.25) is 0 Å². The van der Waals surface area contributed by atoms with E-state index in [1.165, 1.54) is 49.6 Å². The van der Waals surface area contributed by atoms with Crippen molar-refractivity contribution in [3.8, 4) is 11.5 Å². The number of benzene rings is 3. The van der Waals surface area contributed by atoms with E-state index < -0.39 is 35.1 Å². The molecule has 3 aromatic rings. The zero-order chi connectivity index (χ0) is 23.0. The zero-order valence-electron chi connectivity index (χ0n) is 16.8. The lowest BCUT2D eigenvalue weighted by Crippen LogP contribution is -2.29. The highest BCUT2D eigenvalue weighted by molar-refractivity contribution is 6.51. The van der Waals surface area contributed by atoms with Gasteiger partial charge in [0.1, 0.15) is 17.3 Å². The summed E-state index contributed by atoms with van der Waals surface area (Å²) < 4.78 is 32.5. The largest absolute Gasteiger partial charge is 0.508 e. The molecule has 0 spiro atoms. The van der Waals surface area contributed by atoms with Crippen LogP contribution in [0.25, 0.3) is 5.76 Å². The van der Waals surface area contributed by atoms with Crippen molar-refractivity contribution in [2.24, 2.45) is 0 Å². The third kappa shape index (κ3) is 3.56. The molecule has 1 aliphatic heterocycles. The number of rotatable bonds is 4. The number of nitrogens with zero attached hydrogens (tertiary/aromatic N) is 1. The number of hydrogen-bond donors (Lipinski definition) is 2. The second-order valence-corrected chi connectivity index (χ2v) is 7.09. The molecule has 1 aliphatic rings. The Bertz CT molecular complexity index is 1240. The monoisotopic (exact) mass is 437 g/mol. The van der Waals surface area contributed by atoms with Gasteiger partial charge < -0.3 is 14.9 Å². The van der Waals surface area contributed by atoms with Crippen LogP contribution in [-0.4, -0.2) is 29.0 Å². The van der Waals surface area contributed by atoms with Crippen molar-refractivity contribution >= 4 is 23.1 Å². The predicted octanol–water partition coefficient (Wildman–Crippen LogP) is 4.31. The first kappa shape index (κ1) is 21.0. The fourth-order valence-corrected chi connectivity index (χ4v) is 3.61. The minimum atomic E-state index is -1.19. The summed E-state index contributed by atoms with van der Waals surface area (Å²) in [6, 6.07) is 13.5. The molecule has 2 N–H and O–H groups in total. The van der Waals surface area contributed by atoms with E-state index >= 15 is 0 Å². The number of anilines is 1. The van der Waals surface area contributed by atoms with Crippen molar-refractivity contribution in [2.45, 2.75) is 6.04 Å². The van der Waals surface area contributed by atoms with Gasteiger partial charge in [-0.1, -0.05) is 12.1 Å². The Morgan fingerprint density at radius 2 is 1.59 bits per heavy atom. The van der Waals surface area contributed by atoms with Gasteiger partial charge in [-0.25, -0.2) is 8.78 Å². The number of ketones is 1. The minimum absolute atomic E-state index is 0.0475. The second kappa shape index (κ2) is 8.14. The van der Waals surface area contributed by atoms with Crippen LogP contribution in [-0.2, 0) is 9.59 Å². The van der Waals surface area contributed by atoms with Gasteiger partial charge >= 0.3 is 0 Å². The maximum Gasteiger partial charge on any atom is 0.300 e. The SMILES string of the molecule is COc1ccc(/C(O)=C2\C(=O)C(=O)N(c3ccc(F)c(F)c3)C2c2ccc(O)cc2)cc1. The van der Waals surface area contributed by atoms with Crippen molar-refractivity contribution in [1.82, 2.24) is 0 Å². The summed E-state index contributed by atoms with van der Waals surface area (Å²) in [6.45, 7) is 0. The molecule has 32 heavy (non-hydrogen) atoms. The summed E-state index contributed by atoms with van der Waals surface area (Å²) in [5.74, 6) is -4.25. The number of ether oxygens (including phenoxy) is 1. The van der Waals surface area contributed by atoms with Crippen LogP contribution in [0.3, 0.4) is 0 Å². The van der Waals surface area contributed by atoms with Gasteiger partial charge in [-0.3, -0.25) is 14.5 Å². The van der Waals surface area contributed by atoms with E-state index in [9.17, 15) is 28.6 Å². The minimum Gasteiger partial charge on any atom is -0.508 e. The molecule has 3 aromatic carbocycles. The lowest BCUT2D eigenvalue weighted by atomic mass is 9.95. The van der Waals surface area contributed by atoms with Crippen LogP contribution in [0, 0.1) is 11.6 Å². The first-order chi connectivity index (χ1) is 15.3. The Morgan fingerprint density at radius 3 is 2.19 bits per heavy atom. The topological polar surface area (TPSA) is 87.1 Å². The van der Waals surface area contributed by atoms with Crippen molar-refractivity contribution in [2.75, 3.05) is 12.0 Å². The van der Waals surface area contributed by atoms with Crippen molar-refractivity contribution < 1.29 is 33.3 Å². The molecule has 1 fully saturated rings. The Labute approximate surface area is 181 Å². The molecule has 1 heterocycles. The maximum absolute atomic E-state index is 13.9. The highest BCUT2D eigenvalue weighted by Crippen LogP contribution is 2.42. The first-order valence-corrected chi connectivity index (χ1v) is 9.51. The highest BCUT2D eigenvalue weighted by Gasteiger charge is 2.47. The molecule has 6 nitrogen and oxygen atoms in total. The molecule has 1 atom stereocenters. The summed E-state index contributed by atoms with van der Waals surface area (Å²) >= 11 is 0. The quantitative estimate of drug-likeness (QED) is 0.361. The summed E-state index contributed by atoms with van der Waals surface area (Å²) in [4.78, 5) is 26.9. The average molecular weight is 437 g/mol. The molecule has 0 radical (unpaired) electrons. The van der Waals surface area contributed by atoms with Gasteiger partial charge in [-0.15, -0.1) is 0 Å². The molecule has 162 valence electrons. The summed E-state index contributed by atoms with van der Waals surface area (Å²) in [6.07, 6.45) is 0. The number of methoxy groups -OCH3 is 1. The Balaban J connectivity index is 1.92. The lowest BCUT2D eigenvalue weighted by molar-refractivity contribution is -0.132. The van der Waals surface area contributed by atoms with E-state index in [1.54, 1.807) is 12.1 Å². The number of phenolic OH excluding ortho intramolecular Hbond substituents is 1. The Morgan fingerprint density at radius 1 is 0.938 bits per heavy atom. The number of Topliss-reactive ketones (excluding diaryl/α,β-unsaturated/α-hetero) is 1. The van der Waals surface area contributed by atoms with Crippen LogP contribution in [0.4, 0.5) is 14.5 Å². The number of aliphatic hydroxyl groups is 1. The zero-order valence-corrected chi connectivity index (χ0v) is 16.8. The lowest BCUT2D eigenvalue weighted by Gasteiger charge is -2.25. The Hall–Kier alpha value is -4.20. The summed E-state index contributed by atoms with van der Waals surface area (Å²) in [5.41, 5.74) is 0.355. The normalized spacial score (nSPS) is 17.6. The van der Waals surface area contributed by atoms with Crippen molar-refractivity contribution in [3.63, 3.8) is 0 Å². The van der Waals surface area contributed by atoms with E-state index in [0.717, 1.165) is 17.0 Å². The van der Waals surface area contributed by atoms with E-state index in [1.807, 2.05) is 0 Å². The molecule has 0 bridgehead atoms. The van der Waals surface area contributed by atoms with E-state index in [-0.39, 0.29) is 22.6 Å². The molecule has 0 aromatic heterocycles. The molecular weight excluding hydrogens is 420 g/mol. The number of aromatic hydroxyl groups is 1. The fraction of sp³-hybridized carbons (Fsp3) is 0.0833. The van der Waals surface area contributed by atoms with Gasteiger partial charge in [0.05, 0.1) is 18.7 Å². The molecule has 0 saturated carbocycles. The third-order valence-electron chi connectivity index (χ3n) is 5.20. The first-order valence-electron chi connectivity index (χ1n) is 9.51. The molecule has 4 rings (SSSR count). The van der Waals surface area contributed by atoms with Crippen molar-refractivity contribution in [1.29, 1.82) is 0 Å². The van der Waals surface area contributed by atoms with Crippen LogP contribution in [0.2, 0.25) is 0 Å². The number of amides is 1. The van der Waals surface area contributed by atoms with Gasteiger partial charge in [-0.2, -0.15) is 0 Å². The Kier molecular flexibility index (Phi) is 5.36. The van der Waals surface area contributed by atoms with Crippen LogP contribution < -0.4 is 9.64 Å². The third-order valence-corrected chi connectivity index (χ3v) is 5.20. The number of aliphatic hydroxyl groups excluding tert-OH is 1. The van der Waals surface area contributed by atoms with Crippen LogP contribution in [0.1, 0.15) is 17.2 Å². The standard InChI is InChI=1S/C24H17F2NO5/c1-32-17-9-4-14(5-10-17)22(29)20-21(13-2-7-16(28)8-3-13)27(24(31)23(20)30)15-6-11-18(25)19(26)12-15/h2-12,21,28-29H,1H3/b22-20+. The van der Waals surface area contributed by atoms with Gasteiger partial charge in [0.25, 0.3) is 11.7 Å². The van der Waals surface area contributed by atoms with Crippen LogP contribution in [0.5, 0.6) is 11.5 Å². The number of hydrogen-bond acceptors (Lipinski definition) is 5. The van der Waals surface area contributed by atoms with E-state index in [0.29, 0.717) is 11.3 Å². The van der Waals surface area contributed by atoms with Gasteiger partial charge in [0, 0.05) is 17.3 Å². The summed E-state index contributed by atoms with van der Waals surface area (Å²) in [7, 11) is 1.48. The van der Waals surface area contributed by atoms with E-state index in [4.69, 9.17) is 4.74 Å². The van der Waals surface area contributed by atoms with Gasteiger partial charge in [-0.05, 0) is 54.1 Å². The predicted molar refractivity (Wildman–Crippen MR) is 112 cm³/mol. The number of carbonyl (C=O) groups excluding carboxylic acids is 2. The average Bonchev–Trinajstić information content (AvgIpc) is 3.06. The summed E-state index contributed by atoms with van der Waals surface area (Å²) in [5, 5.41) is 20.6. The fourth-order valence-electron chi connectivity index (χ4n) is 3.61. The molecule has 8 heteroatoms. The molecular formula is C24H17F2NO5. The second-order valence-electron chi connectivity index (χ2n) is 7.09. The molecule has 1 amide bonds. The number of phenols is 1. The molecule has 1 unspecified atom stereocenters. The number of carbonyl (C=O) groups is 2. The maximum atomic E-state index is 13.9. The van der Waals surface area contributed by atoms with E-state index in [2.05, 4.69) is 0 Å². The van der Waals surface area contributed by atoms with Crippen LogP contribution >= 0.6 is 0 Å². The van der Waals surface area contributed by atoms with Gasteiger partial charge in [0.15, 0.2) is 11.6 Å². The molecule has 1 saturated heterocycles. The smallest absolute Gasteiger partial charge is 0.300 e. The highest BCUT2D eigenvalue weighted by atomic mass is 19.2. The molecule has 0 aliphatic carbocycles. The van der Waals surface area contributed by atoms with Crippen LogP contribution in [0.15, 0.2) is 72.3 Å². The van der Waals surface area contributed by atoms with Crippen molar-refractivity contribution in [3.05, 3.63) is 95.1 Å².